The zero-order chi connectivity index (χ0) is 37.1. The van der Waals surface area contributed by atoms with E-state index in [0.29, 0.717) is 12.8 Å². The van der Waals surface area contributed by atoms with E-state index in [4.69, 9.17) is 14.2 Å². The van der Waals surface area contributed by atoms with E-state index in [9.17, 15) is 19.5 Å². The minimum atomic E-state index is -1.14. The third kappa shape index (κ3) is 31.0. The number of carboxylic acid groups (broad SMARTS) is 1. The van der Waals surface area contributed by atoms with Gasteiger partial charge in [-0.2, -0.15) is 0 Å². The smallest absolute Gasteiger partial charge is 0.306 e. The van der Waals surface area contributed by atoms with Gasteiger partial charge in [-0.25, -0.2) is 0 Å². The molecule has 0 saturated carbocycles. The van der Waals surface area contributed by atoms with E-state index >= 15 is 0 Å². The van der Waals surface area contributed by atoms with Crippen molar-refractivity contribution in [3.63, 3.8) is 0 Å². The number of hydrogen-bond acceptors (Lipinski definition) is 7. The lowest BCUT2D eigenvalue weighted by atomic mass is 10.1. The summed E-state index contributed by atoms with van der Waals surface area (Å²) >= 11 is 0. The van der Waals surface area contributed by atoms with E-state index in [2.05, 4.69) is 26.0 Å². The molecule has 0 saturated heterocycles. The number of hydrogen-bond donors (Lipinski definition) is 0. The molecule has 0 fully saturated rings. The molecule has 0 rings (SSSR count). The molecule has 0 aliphatic heterocycles. The highest BCUT2D eigenvalue weighted by Crippen LogP contribution is 2.13. The van der Waals surface area contributed by atoms with Crippen molar-refractivity contribution in [3.05, 3.63) is 60.8 Å². The van der Waals surface area contributed by atoms with Crippen molar-refractivity contribution in [1.29, 1.82) is 0 Å². The number of aliphatic carboxylic acids is 1. The highest BCUT2D eigenvalue weighted by Gasteiger charge is 2.25. The van der Waals surface area contributed by atoms with E-state index in [1.54, 1.807) is 21.1 Å². The zero-order valence-corrected chi connectivity index (χ0v) is 32.3. The van der Waals surface area contributed by atoms with Crippen LogP contribution in [-0.4, -0.2) is 75.5 Å². The standard InChI is InChI=1S/C42H71NO7/c1-6-8-10-12-14-16-18-19-20-21-23-25-27-29-31-33-41(45)50-38(36-48-35-34-39(42(46)47)43(3,4)5)37-49-40(44)32-30-28-26-24-22-17-15-13-11-9-7-2/h8,10,12,14,16,18-21,23,38-39H,6-7,9,11,13,15,17,22,24-37H2,1-5H3/b10-8+,14-12+,18-16+,20-19+,23-21+. The Kier molecular flexibility index (Phi) is 31.2. The van der Waals surface area contributed by atoms with Crippen LogP contribution in [0.2, 0.25) is 0 Å². The summed E-state index contributed by atoms with van der Waals surface area (Å²) in [6.07, 6.45) is 38.1. The summed E-state index contributed by atoms with van der Waals surface area (Å²) in [5, 5.41) is 11.6. The molecule has 0 aromatic carbocycles. The quantitative estimate of drug-likeness (QED) is 0.0293. The summed E-state index contributed by atoms with van der Waals surface area (Å²) in [6.45, 7) is 4.44. The van der Waals surface area contributed by atoms with Gasteiger partial charge >= 0.3 is 11.9 Å². The van der Waals surface area contributed by atoms with Crippen LogP contribution < -0.4 is 5.11 Å². The van der Waals surface area contributed by atoms with Crippen molar-refractivity contribution in [2.75, 3.05) is 41.0 Å². The fourth-order valence-corrected chi connectivity index (χ4v) is 5.27. The van der Waals surface area contributed by atoms with Crippen LogP contribution >= 0.6 is 0 Å². The molecule has 0 radical (unpaired) electrons. The van der Waals surface area contributed by atoms with Crippen LogP contribution in [0.4, 0.5) is 0 Å². The summed E-state index contributed by atoms with van der Waals surface area (Å²) in [6, 6.07) is -0.734. The lowest BCUT2D eigenvalue weighted by Crippen LogP contribution is -2.55. The molecule has 50 heavy (non-hydrogen) atoms. The Balaban J connectivity index is 4.53. The van der Waals surface area contributed by atoms with Crippen molar-refractivity contribution in [2.24, 2.45) is 0 Å². The molecule has 8 nitrogen and oxygen atoms in total. The summed E-state index contributed by atoms with van der Waals surface area (Å²) in [7, 11) is 5.37. The first-order chi connectivity index (χ1) is 24.1. The molecule has 0 N–H and O–H groups in total. The molecule has 0 aromatic heterocycles. The first-order valence-corrected chi connectivity index (χ1v) is 19.4. The van der Waals surface area contributed by atoms with Crippen LogP contribution in [0.15, 0.2) is 60.8 Å². The van der Waals surface area contributed by atoms with Gasteiger partial charge in [0.1, 0.15) is 12.6 Å². The monoisotopic (exact) mass is 702 g/mol. The largest absolute Gasteiger partial charge is 0.544 e. The molecule has 0 spiro atoms. The van der Waals surface area contributed by atoms with E-state index < -0.39 is 18.1 Å². The van der Waals surface area contributed by atoms with E-state index in [-0.39, 0.29) is 49.1 Å². The number of ether oxygens (including phenoxy) is 3. The van der Waals surface area contributed by atoms with Crippen molar-refractivity contribution in [1.82, 2.24) is 0 Å². The Bertz CT molecular complexity index is 1010. The number of quaternary nitrogens is 1. The van der Waals surface area contributed by atoms with Crippen LogP contribution in [0.1, 0.15) is 136 Å². The number of unbranched alkanes of at least 4 members (excludes halogenated alkanes) is 13. The zero-order valence-electron chi connectivity index (χ0n) is 32.3. The number of likely N-dealkylation sites (N-methyl/N-ethyl adjacent to an activating group) is 1. The maximum absolute atomic E-state index is 12.6. The van der Waals surface area contributed by atoms with Crippen molar-refractivity contribution in [3.8, 4) is 0 Å². The number of carbonyl (C=O) groups is 3. The number of allylic oxidation sites excluding steroid dienone is 10. The van der Waals surface area contributed by atoms with Gasteiger partial charge in [0.05, 0.1) is 40.3 Å². The summed E-state index contributed by atoms with van der Waals surface area (Å²) in [5.74, 6) is -1.80. The lowest BCUT2D eigenvalue weighted by Gasteiger charge is -2.34. The van der Waals surface area contributed by atoms with Crippen LogP contribution in [0.5, 0.6) is 0 Å². The summed E-state index contributed by atoms with van der Waals surface area (Å²) < 4.78 is 17.0. The minimum Gasteiger partial charge on any atom is -0.544 e. The number of nitrogens with zero attached hydrogens (tertiary/aromatic N) is 1. The third-order valence-electron chi connectivity index (χ3n) is 8.30. The molecule has 2 unspecified atom stereocenters. The number of rotatable bonds is 33. The van der Waals surface area contributed by atoms with Crippen LogP contribution in [-0.2, 0) is 28.6 Å². The summed E-state index contributed by atoms with van der Waals surface area (Å²) in [5.41, 5.74) is 0. The molecule has 2 atom stereocenters. The minimum absolute atomic E-state index is 0.0219. The van der Waals surface area contributed by atoms with Gasteiger partial charge < -0.3 is 28.6 Å². The van der Waals surface area contributed by atoms with Gasteiger partial charge in [0.25, 0.3) is 0 Å². The number of esters is 2. The predicted molar refractivity (Wildman–Crippen MR) is 203 cm³/mol. The fourth-order valence-electron chi connectivity index (χ4n) is 5.27. The molecule has 8 heteroatoms. The number of carbonyl (C=O) groups excluding carboxylic acids is 3. The highest BCUT2D eigenvalue weighted by molar-refractivity contribution is 5.70. The third-order valence-corrected chi connectivity index (χ3v) is 8.30. The molecule has 0 amide bonds. The Morgan fingerprint density at radius 2 is 1.12 bits per heavy atom. The van der Waals surface area contributed by atoms with E-state index in [1.165, 1.54) is 51.4 Å². The van der Waals surface area contributed by atoms with Crippen LogP contribution in [0.3, 0.4) is 0 Å². The Labute approximate surface area is 305 Å². The van der Waals surface area contributed by atoms with Gasteiger partial charge in [0, 0.05) is 19.3 Å². The van der Waals surface area contributed by atoms with Crippen molar-refractivity contribution < 1.29 is 38.2 Å². The van der Waals surface area contributed by atoms with E-state index in [1.807, 2.05) is 48.6 Å². The Morgan fingerprint density at radius 1 is 0.620 bits per heavy atom. The van der Waals surface area contributed by atoms with Gasteiger partial charge in [-0.1, -0.05) is 145 Å². The van der Waals surface area contributed by atoms with Crippen molar-refractivity contribution in [2.45, 2.75) is 148 Å². The molecular weight excluding hydrogens is 630 g/mol. The second-order valence-electron chi connectivity index (χ2n) is 13.9. The molecule has 0 aliphatic carbocycles. The van der Waals surface area contributed by atoms with Crippen LogP contribution in [0.25, 0.3) is 0 Å². The van der Waals surface area contributed by atoms with Gasteiger partial charge in [0.2, 0.25) is 0 Å². The molecular formula is C42H71NO7. The second kappa shape index (κ2) is 33.2. The maximum Gasteiger partial charge on any atom is 0.306 e. The average molecular weight is 702 g/mol. The fraction of sp³-hybridized carbons (Fsp3) is 0.690. The van der Waals surface area contributed by atoms with Crippen molar-refractivity contribution >= 4 is 17.9 Å². The van der Waals surface area contributed by atoms with Crippen LogP contribution in [0, 0.1) is 0 Å². The lowest BCUT2D eigenvalue weighted by molar-refractivity contribution is -0.889. The average Bonchev–Trinajstić information content (AvgIpc) is 3.06. The first-order valence-electron chi connectivity index (χ1n) is 19.4. The normalized spacial score (nSPS) is 13.7. The van der Waals surface area contributed by atoms with Gasteiger partial charge in [-0.05, 0) is 32.1 Å². The Hall–Kier alpha value is -2.97. The Morgan fingerprint density at radius 3 is 1.66 bits per heavy atom. The second-order valence-corrected chi connectivity index (χ2v) is 13.9. The maximum atomic E-state index is 12.6. The SMILES string of the molecule is CC/C=C/C=C/C=C/C=C/C=C/CCCCCC(=O)OC(COCCC(C(=O)[O-])[N+](C)(C)C)COC(=O)CCCCCCCCCCCCC. The van der Waals surface area contributed by atoms with Gasteiger partial charge in [-0.3, -0.25) is 9.59 Å². The topological polar surface area (TPSA) is 102 Å². The van der Waals surface area contributed by atoms with Gasteiger partial charge in [-0.15, -0.1) is 0 Å². The first kappa shape index (κ1) is 47.0. The van der Waals surface area contributed by atoms with Gasteiger partial charge in [0.15, 0.2) is 6.10 Å². The molecule has 286 valence electrons. The molecule has 0 bridgehead atoms. The van der Waals surface area contributed by atoms with E-state index in [0.717, 1.165) is 44.9 Å². The molecule has 0 aromatic rings. The highest BCUT2D eigenvalue weighted by atomic mass is 16.6. The number of carboxylic acids is 1. The predicted octanol–water partition coefficient (Wildman–Crippen LogP) is 8.52. The summed E-state index contributed by atoms with van der Waals surface area (Å²) in [4.78, 5) is 36.6. The molecule has 0 heterocycles. The molecule has 0 aliphatic rings.